The Morgan fingerprint density at radius 2 is 1.97 bits per heavy atom. The normalized spacial score (nSPS) is 13.9. The number of hydrogen-bond donors (Lipinski definition) is 1. The van der Waals surface area contributed by atoms with Crippen LogP contribution in [-0.4, -0.2) is 77.1 Å². The molecule has 1 N–H and O–H groups in total. The highest BCUT2D eigenvalue weighted by Gasteiger charge is 2.18. The summed E-state index contributed by atoms with van der Waals surface area (Å²) >= 11 is 3.02. The quantitative estimate of drug-likeness (QED) is 0.296. The van der Waals surface area contributed by atoms with Gasteiger partial charge in [0.15, 0.2) is 11.0 Å². The first-order valence-electron chi connectivity index (χ1n) is 12.4. The summed E-state index contributed by atoms with van der Waals surface area (Å²) < 4.78 is 12.8. The molecule has 1 fully saturated rings. The minimum absolute atomic E-state index is 0.145. The van der Waals surface area contributed by atoms with Gasteiger partial charge >= 0.3 is 0 Å². The Kier molecular flexibility index (Phi) is 8.69. The highest BCUT2D eigenvalue weighted by molar-refractivity contribution is 7.98. The molecule has 1 amide bonds. The number of aromatic nitrogens is 4. The van der Waals surface area contributed by atoms with Crippen molar-refractivity contribution in [3.63, 3.8) is 0 Å². The van der Waals surface area contributed by atoms with Crippen LogP contribution >= 0.6 is 23.1 Å². The van der Waals surface area contributed by atoms with Crippen molar-refractivity contribution in [3.05, 3.63) is 70.2 Å². The number of amides is 1. The van der Waals surface area contributed by atoms with E-state index in [1.807, 2.05) is 34.2 Å². The van der Waals surface area contributed by atoms with Gasteiger partial charge in [0.1, 0.15) is 16.5 Å². The summed E-state index contributed by atoms with van der Waals surface area (Å²) in [5.74, 6) is 1.92. The highest BCUT2D eigenvalue weighted by Crippen LogP contribution is 2.31. The van der Waals surface area contributed by atoms with E-state index in [0.717, 1.165) is 65.8 Å². The van der Waals surface area contributed by atoms with Crippen LogP contribution in [0, 0.1) is 6.92 Å². The molecule has 4 aromatic rings. The lowest BCUT2D eigenvalue weighted by molar-refractivity contribution is 0.0383. The minimum Gasteiger partial charge on any atom is -0.497 e. The first-order valence-corrected chi connectivity index (χ1v) is 14.3. The second-order valence-electron chi connectivity index (χ2n) is 8.83. The number of morpholine rings is 1. The number of thiazole rings is 1. The predicted molar refractivity (Wildman–Crippen MR) is 149 cm³/mol. The molecular weight excluding hydrogens is 520 g/mol. The van der Waals surface area contributed by atoms with Crippen molar-refractivity contribution in [1.29, 1.82) is 0 Å². The fourth-order valence-corrected chi connectivity index (χ4v) is 5.83. The number of aryl methyl sites for hydroxylation is 1. The Morgan fingerprint density at radius 3 is 2.76 bits per heavy atom. The van der Waals surface area contributed by atoms with E-state index >= 15 is 0 Å². The van der Waals surface area contributed by atoms with Gasteiger partial charge in [-0.3, -0.25) is 14.3 Å². The van der Waals surface area contributed by atoms with Crippen LogP contribution in [0.1, 0.15) is 21.1 Å². The van der Waals surface area contributed by atoms with Gasteiger partial charge in [0.2, 0.25) is 0 Å². The van der Waals surface area contributed by atoms with Crippen molar-refractivity contribution < 1.29 is 14.3 Å². The van der Waals surface area contributed by atoms with E-state index in [4.69, 9.17) is 9.47 Å². The summed E-state index contributed by atoms with van der Waals surface area (Å²) in [4.78, 5) is 19.5. The summed E-state index contributed by atoms with van der Waals surface area (Å²) in [5.41, 5.74) is 3.51. The van der Waals surface area contributed by atoms with Crippen LogP contribution in [0.2, 0.25) is 0 Å². The van der Waals surface area contributed by atoms with Gasteiger partial charge in [-0.25, -0.2) is 4.98 Å². The van der Waals surface area contributed by atoms with Crippen LogP contribution in [0.15, 0.2) is 59.1 Å². The smallest absolute Gasteiger partial charge is 0.270 e. The monoisotopic (exact) mass is 550 g/mol. The summed E-state index contributed by atoms with van der Waals surface area (Å²) in [7, 11) is 1.65. The topological polar surface area (TPSA) is 94.4 Å². The molecule has 11 heteroatoms. The zero-order valence-electron chi connectivity index (χ0n) is 21.4. The Labute approximate surface area is 230 Å². The number of carbonyl (C=O) groups excluding carboxylic acids is 1. The summed E-state index contributed by atoms with van der Waals surface area (Å²) in [6.45, 7) is 6.77. The third-order valence-corrected chi connectivity index (χ3v) is 8.15. The fourth-order valence-electron chi connectivity index (χ4n) is 4.09. The van der Waals surface area contributed by atoms with Crippen LogP contribution in [0.4, 0.5) is 0 Å². The number of thioether (sulfide) groups is 1. The van der Waals surface area contributed by atoms with Gasteiger partial charge in [0.25, 0.3) is 5.91 Å². The second kappa shape index (κ2) is 12.5. The maximum Gasteiger partial charge on any atom is 0.270 e. The van der Waals surface area contributed by atoms with E-state index in [9.17, 15) is 4.79 Å². The molecule has 0 spiro atoms. The Morgan fingerprint density at radius 1 is 1.16 bits per heavy atom. The number of ether oxygens (including phenoxy) is 2. The molecule has 9 nitrogen and oxygen atoms in total. The van der Waals surface area contributed by atoms with E-state index in [-0.39, 0.29) is 5.91 Å². The van der Waals surface area contributed by atoms with E-state index in [2.05, 4.69) is 56.6 Å². The van der Waals surface area contributed by atoms with Crippen LogP contribution in [0.25, 0.3) is 17.1 Å². The van der Waals surface area contributed by atoms with Gasteiger partial charge in [0.05, 0.1) is 26.1 Å². The summed E-state index contributed by atoms with van der Waals surface area (Å²) in [6, 6.07) is 16.1. The van der Waals surface area contributed by atoms with Crippen molar-refractivity contribution >= 4 is 29.0 Å². The van der Waals surface area contributed by atoms with E-state index in [1.165, 1.54) is 16.9 Å². The standard InChI is InChI=1S/C27H30N6O3S2/c1-19-6-8-21(9-7-19)33-25(20-4-3-5-22(16-20)35-2)30-31-27(33)38-18-24-29-23(17-37-24)26(34)28-10-11-32-12-14-36-15-13-32/h3-9,16-17H,10-15,18H2,1-2H3,(H,28,34). The SMILES string of the molecule is COc1cccc(-c2nnc(SCc3nc(C(=O)NCCN4CCOCC4)cs3)n2-c2ccc(C)cc2)c1. The number of methoxy groups -OCH3 is 1. The summed E-state index contributed by atoms with van der Waals surface area (Å²) in [5, 5.41) is 15.4. The number of benzene rings is 2. The van der Waals surface area contributed by atoms with Crippen molar-refractivity contribution in [2.24, 2.45) is 0 Å². The molecule has 0 radical (unpaired) electrons. The second-order valence-corrected chi connectivity index (χ2v) is 10.7. The molecule has 0 atom stereocenters. The molecule has 3 heterocycles. The molecule has 1 saturated heterocycles. The molecule has 0 saturated carbocycles. The number of rotatable bonds is 10. The van der Waals surface area contributed by atoms with Crippen LogP contribution in [0.5, 0.6) is 5.75 Å². The third kappa shape index (κ3) is 6.41. The summed E-state index contributed by atoms with van der Waals surface area (Å²) in [6.07, 6.45) is 0. The molecule has 0 aliphatic carbocycles. The lowest BCUT2D eigenvalue weighted by Crippen LogP contribution is -2.41. The largest absolute Gasteiger partial charge is 0.497 e. The molecule has 198 valence electrons. The van der Waals surface area contributed by atoms with Crippen LogP contribution in [-0.2, 0) is 10.5 Å². The van der Waals surface area contributed by atoms with Crippen molar-refractivity contribution in [1.82, 2.24) is 30.0 Å². The fraction of sp³-hybridized carbons (Fsp3) is 0.333. The van der Waals surface area contributed by atoms with Crippen molar-refractivity contribution in [3.8, 4) is 22.8 Å². The molecule has 0 bridgehead atoms. The van der Waals surface area contributed by atoms with Gasteiger partial charge in [-0.15, -0.1) is 21.5 Å². The first kappa shape index (κ1) is 26.4. The van der Waals surface area contributed by atoms with Crippen LogP contribution < -0.4 is 10.1 Å². The zero-order valence-corrected chi connectivity index (χ0v) is 23.1. The maximum absolute atomic E-state index is 12.6. The Hall–Kier alpha value is -3.25. The number of nitrogens with one attached hydrogen (secondary N) is 1. The molecule has 2 aromatic heterocycles. The van der Waals surface area contributed by atoms with Gasteiger partial charge in [-0.1, -0.05) is 41.6 Å². The molecule has 5 rings (SSSR count). The predicted octanol–water partition coefficient (Wildman–Crippen LogP) is 4.06. The molecule has 1 aliphatic heterocycles. The minimum atomic E-state index is -0.145. The molecule has 0 unspecified atom stereocenters. The molecule has 38 heavy (non-hydrogen) atoms. The number of nitrogens with zero attached hydrogens (tertiary/aromatic N) is 5. The van der Waals surface area contributed by atoms with E-state index in [1.54, 1.807) is 18.9 Å². The van der Waals surface area contributed by atoms with Crippen molar-refractivity contribution in [2.45, 2.75) is 17.8 Å². The van der Waals surface area contributed by atoms with E-state index in [0.29, 0.717) is 18.0 Å². The molecular formula is C27H30N6O3S2. The average molecular weight is 551 g/mol. The van der Waals surface area contributed by atoms with Gasteiger partial charge in [0, 0.05) is 42.8 Å². The van der Waals surface area contributed by atoms with E-state index < -0.39 is 0 Å². The van der Waals surface area contributed by atoms with Gasteiger partial charge < -0.3 is 14.8 Å². The lowest BCUT2D eigenvalue weighted by atomic mass is 10.2. The highest BCUT2D eigenvalue weighted by atomic mass is 32.2. The van der Waals surface area contributed by atoms with Gasteiger partial charge in [-0.05, 0) is 31.2 Å². The molecule has 2 aromatic carbocycles. The third-order valence-electron chi connectivity index (χ3n) is 6.18. The zero-order chi connectivity index (χ0) is 26.3. The molecule has 1 aliphatic rings. The number of hydrogen-bond acceptors (Lipinski definition) is 9. The van der Waals surface area contributed by atoms with Gasteiger partial charge in [-0.2, -0.15) is 0 Å². The number of carbonyl (C=O) groups is 1. The van der Waals surface area contributed by atoms with Crippen LogP contribution in [0.3, 0.4) is 0 Å². The average Bonchev–Trinajstić information content (AvgIpc) is 3.60. The Balaban J connectivity index is 1.28. The van der Waals surface area contributed by atoms with Crippen molar-refractivity contribution in [2.75, 3.05) is 46.5 Å². The maximum atomic E-state index is 12.6. The first-order chi connectivity index (χ1) is 18.6. The lowest BCUT2D eigenvalue weighted by Gasteiger charge is -2.26. The Bertz CT molecular complexity index is 1370.